The summed E-state index contributed by atoms with van der Waals surface area (Å²) in [5.74, 6) is 0.848. The maximum Gasteiger partial charge on any atom is 0.256 e. The summed E-state index contributed by atoms with van der Waals surface area (Å²) in [6.07, 6.45) is 0.832. The Labute approximate surface area is 128 Å². The largest absolute Gasteiger partial charge is 0.497 e. The summed E-state index contributed by atoms with van der Waals surface area (Å²) in [7, 11) is 1.67. The number of benzene rings is 3. The molecule has 3 heteroatoms. The Morgan fingerprint density at radius 2 is 1.82 bits per heavy atom. The normalized spacial score (nSPS) is 12.5. The number of anilines is 1. The predicted octanol–water partition coefficient (Wildman–Crippen LogP) is 4.00. The van der Waals surface area contributed by atoms with Crippen LogP contribution in [0.5, 0.6) is 5.75 Å². The van der Waals surface area contributed by atoms with Gasteiger partial charge in [0.15, 0.2) is 0 Å². The number of carbonyl (C=O) groups excluding carboxylic acids is 1. The minimum Gasteiger partial charge on any atom is -0.497 e. The lowest BCUT2D eigenvalue weighted by atomic mass is 9.96. The molecular formula is C19H15NO2. The highest BCUT2D eigenvalue weighted by Gasteiger charge is 2.22. The van der Waals surface area contributed by atoms with Crippen LogP contribution in [0.4, 0.5) is 5.69 Å². The number of hydrogen-bond donors (Lipinski definition) is 1. The van der Waals surface area contributed by atoms with Gasteiger partial charge in [0.1, 0.15) is 5.75 Å². The summed E-state index contributed by atoms with van der Waals surface area (Å²) in [6, 6.07) is 18.1. The predicted molar refractivity (Wildman–Crippen MR) is 87.7 cm³/mol. The third kappa shape index (κ3) is 1.94. The Morgan fingerprint density at radius 1 is 1.00 bits per heavy atom. The number of carbonyl (C=O) groups is 1. The van der Waals surface area contributed by atoms with Gasteiger partial charge in [0.25, 0.3) is 5.91 Å². The van der Waals surface area contributed by atoms with Crippen LogP contribution < -0.4 is 10.1 Å². The molecule has 0 fully saturated rings. The van der Waals surface area contributed by atoms with Gasteiger partial charge in [0, 0.05) is 16.6 Å². The van der Waals surface area contributed by atoms with Crippen molar-refractivity contribution < 1.29 is 9.53 Å². The van der Waals surface area contributed by atoms with Gasteiger partial charge in [0.2, 0.25) is 0 Å². The molecule has 0 radical (unpaired) electrons. The molecule has 0 bridgehead atoms. The van der Waals surface area contributed by atoms with Gasteiger partial charge in [-0.1, -0.05) is 30.3 Å². The van der Waals surface area contributed by atoms with E-state index < -0.39 is 0 Å². The minimum absolute atomic E-state index is 0.0119. The van der Waals surface area contributed by atoms with Crippen LogP contribution in [0.3, 0.4) is 0 Å². The summed E-state index contributed by atoms with van der Waals surface area (Å²) in [5.41, 5.74) is 4.12. The van der Waals surface area contributed by atoms with Gasteiger partial charge in [-0.2, -0.15) is 0 Å². The van der Waals surface area contributed by atoms with E-state index in [1.54, 1.807) is 7.11 Å². The molecule has 1 aliphatic heterocycles. The topological polar surface area (TPSA) is 38.3 Å². The van der Waals surface area contributed by atoms with E-state index in [2.05, 4.69) is 29.6 Å². The van der Waals surface area contributed by atoms with Crippen LogP contribution in [0.2, 0.25) is 0 Å². The molecule has 3 aromatic rings. The Kier molecular flexibility index (Phi) is 2.86. The summed E-state index contributed by atoms with van der Waals surface area (Å²) < 4.78 is 5.20. The molecule has 1 amide bonds. The lowest BCUT2D eigenvalue weighted by molar-refractivity contribution is 0.103. The third-order valence-electron chi connectivity index (χ3n) is 4.18. The molecule has 0 aliphatic carbocycles. The van der Waals surface area contributed by atoms with Gasteiger partial charge >= 0.3 is 0 Å². The van der Waals surface area contributed by atoms with Gasteiger partial charge in [-0.3, -0.25) is 4.79 Å². The molecule has 0 spiro atoms. The first-order chi connectivity index (χ1) is 10.8. The summed E-state index contributed by atoms with van der Waals surface area (Å²) in [4.78, 5) is 12.0. The average Bonchev–Trinajstić information content (AvgIpc) is 2.88. The average molecular weight is 289 g/mol. The Hall–Kier alpha value is -2.81. The van der Waals surface area contributed by atoms with E-state index in [1.165, 1.54) is 11.1 Å². The van der Waals surface area contributed by atoms with Crippen molar-refractivity contribution in [2.75, 3.05) is 12.4 Å². The van der Waals surface area contributed by atoms with Gasteiger partial charge in [-0.25, -0.2) is 0 Å². The zero-order valence-electron chi connectivity index (χ0n) is 12.2. The molecule has 4 rings (SSSR count). The first kappa shape index (κ1) is 12.9. The van der Waals surface area contributed by atoms with Crippen molar-refractivity contribution in [3.63, 3.8) is 0 Å². The van der Waals surface area contributed by atoms with E-state index in [-0.39, 0.29) is 5.91 Å². The number of hydrogen-bond acceptors (Lipinski definition) is 2. The number of methoxy groups -OCH3 is 1. The monoisotopic (exact) mass is 289 g/mol. The molecule has 1 aliphatic rings. The van der Waals surface area contributed by atoms with Crippen LogP contribution in [-0.4, -0.2) is 13.0 Å². The van der Waals surface area contributed by atoms with Crippen molar-refractivity contribution in [1.82, 2.24) is 0 Å². The highest BCUT2D eigenvalue weighted by molar-refractivity contribution is 6.24. The van der Waals surface area contributed by atoms with Crippen LogP contribution >= 0.6 is 0 Å². The number of ether oxygens (including phenoxy) is 1. The van der Waals surface area contributed by atoms with Crippen molar-refractivity contribution in [3.8, 4) is 5.75 Å². The second kappa shape index (κ2) is 4.88. The smallest absolute Gasteiger partial charge is 0.256 e. The maximum absolute atomic E-state index is 12.0. The fraction of sp³-hybridized carbons (Fsp3) is 0.105. The Balaban J connectivity index is 1.79. The van der Waals surface area contributed by atoms with Crippen molar-refractivity contribution in [2.24, 2.45) is 0 Å². The molecule has 0 saturated carbocycles. The standard InChI is InChI=1S/C19H15NO2/c1-22-14-8-5-12(6-9-14)11-13-7-10-16-18-15(13)3-2-4-17(18)20-19(16)21/h2-10H,11H2,1H3,(H,20,21). The van der Waals surface area contributed by atoms with Crippen molar-refractivity contribution in [3.05, 3.63) is 71.3 Å². The van der Waals surface area contributed by atoms with Gasteiger partial charge in [0.05, 0.1) is 7.11 Å². The molecule has 1 heterocycles. The second-order valence-corrected chi connectivity index (χ2v) is 5.48. The van der Waals surface area contributed by atoms with Crippen LogP contribution in [0.1, 0.15) is 21.5 Å². The zero-order valence-corrected chi connectivity index (χ0v) is 12.2. The Morgan fingerprint density at radius 3 is 2.59 bits per heavy atom. The first-order valence-electron chi connectivity index (χ1n) is 7.25. The molecule has 108 valence electrons. The molecular weight excluding hydrogens is 274 g/mol. The zero-order chi connectivity index (χ0) is 15.1. The molecule has 3 nitrogen and oxygen atoms in total. The van der Waals surface area contributed by atoms with Gasteiger partial charge in [-0.15, -0.1) is 0 Å². The minimum atomic E-state index is -0.0119. The summed E-state index contributed by atoms with van der Waals surface area (Å²) in [6.45, 7) is 0. The van der Waals surface area contributed by atoms with Crippen LogP contribution in [0.15, 0.2) is 54.6 Å². The second-order valence-electron chi connectivity index (χ2n) is 5.48. The molecule has 0 aromatic heterocycles. The fourth-order valence-corrected chi connectivity index (χ4v) is 3.07. The fourth-order valence-electron chi connectivity index (χ4n) is 3.07. The van der Waals surface area contributed by atoms with Gasteiger partial charge in [-0.05, 0) is 47.2 Å². The lowest BCUT2D eigenvalue weighted by Crippen LogP contribution is -2.03. The van der Waals surface area contributed by atoms with Gasteiger partial charge < -0.3 is 10.1 Å². The summed E-state index contributed by atoms with van der Waals surface area (Å²) in [5, 5.41) is 5.10. The highest BCUT2D eigenvalue weighted by Crippen LogP contribution is 2.35. The van der Waals surface area contributed by atoms with E-state index in [1.807, 2.05) is 30.3 Å². The van der Waals surface area contributed by atoms with Crippen molar-refractivity contribution in [2.45, 2.75) is 6.42 Å². The first-order valence-corrected chi connectivity index (χ1v) is 7.25. The van der Waals surface area contributed by atoms with E-state index >= 15 is 0 Å². The molecule has 22 heavy (non-hydrogen) atoms. The highest BCUT2D eigenvalue weighted by atomic mass is 16.5. The molecule has 0 saturated heterocycles. The quantitative estimate of drug-likeness (QED) is 0.791. The third-order valence-corrected chi connectivity index (χ3v) is 4.18. The van der Waals surface area contributed by atoms with E-state index in [0.29, 0.717) is 0 Å². The van der Waals surface area contributed by atoms with E-state index in [9.17, 15) is 4.79 Å². The maximum atomic E-state index is 12.0. The van der Waals surface area contributed by atoms with Crippen LogP contribution in [-0.2, 0) is 6.42 Å². The van der Waals surface area contributed by atoms with Crippen molar-refractivity contribution in [1.29, 1.82) is 0 Å². The van der Waals surface area contributed by atoms with Crippen LogP contribution in [0.25, 0.3) is 10.8 Å². The lowest BCUT2D eigenvalue weighted by Gasteiger charge is -2.08. The number of amides is 1. The molecule has 3 aromatic carbocycles. The molecule has 0 atom stereocenters. The molecule has 1 N–H and O–H groups in total. The summed E-state index contributed by atoms with van der Waals surface area (Å²) >= 11 is 0. The molecule has 0 unspecified atom stereocenters. The van der Waals surface area contributed by atoms with Crippen LogP contribution in [0, 0.1) is 0 Å². The van der Waals surface area contributed by atoms with Crippen molar-refractivity contribution >= 4 is 22.4 Å². The SMILES string of the molecule is COc1ccc(Cc2ccc3c4c(cccc24)NC3=O)cc1. The Bertz CT molecular complexity index is 882. The number of nitrogens with one attached hydrogen (secondary N) is 1. The van der Waals surface area contributed by atoms with E-state index in [4.69, 9.17) is 4.74 Å². The van der Waals surface area contributed by atoms with E-state index in [0.717, 1.165) is 34.2 Å². The number of rotatable bonds is 3.